The van der Waals surface area contributed by atoms with Crippen molar-refractivity contribution < 1.29 is 4.74 Å². The number of hydrogen-bond donors (Lipinski definition) is 0. The molecular weight excluding hydrogens is 268 g/mol. The number of rotatable bonds is 2. The van der Waals surface area contributed by atoms with Crippen LogP contribution < -0.4 is 0 Å². The molecule has 1 heteroatoms. The van der Waals surface area contributed by atoms with Crippen LogP contribution in [0.25, 0.3) is 16.3 Å². The molecule has 2 aromatic rings. The van der Waals surface area contributed by atoms with Crippen LogP contribution in [0.1, 0.15) is 18.4 Å². The summed E-state index contributed by atoms with van der Waals surface area (Å²) < 4.78 is 5.67. The summed E-state index contributed by atoms with van der Waals surface area (Å²) >= 11 is 0. The third-order valence-electron chi connectivity index (χ3n) is 3.88. The maximum Gasteiger partial charge on any atom is 0.122 e. The number of fused-ring (bicyclic) bond motifs is 1. The van der Waals surface area contributed by atoms with E-state index in [0.717, 1.165) is 18.6 Å². The highest BCUT2D eigenvalue weighted by Gasteiger charge is 2.10. The van der Waals surface area contributed by atoms with E-state index in [4.69, 9.17) is 4.74 Å². The summed E-state index contributed by atoms with van der Waals surface area (Å²) in [7, 11) is 1.75. The van der Waals surface area contributed by atoms with Crippen LogP contribution in [0.3, 0.4) is 0 Å². The summed E-state index contributed by atoms with van der Waals surface area (Å²) in [5.41, 5.74) is 2.47. The average molecular weight is 288 g/mol. The monoisotopic (exact) mass is 288 g/mol. The molecule has 110 valence electrons. The fourth-order valence-corrected chi connectivity index (χ4v) is 2.80. The molecule has 0 saturated carbocycles. The molecule has 22 heavy (non-hydrogen) atoms. The van der Waals surface area contributed by atoms with Crippen LogP contribution in [0.5, 0.6) is 0 Å². The van der Waals surface area contributed by atoms with Crippen molar-refractivity contribution in [2.24, 2.45) is 0 Å². The number of hydrogen-bond acceptors (Lipinski definition) is 1. The Bertz CT molecular complexity index is 770. The summed E-state index contributed by atoms with van der Waals surface area (Å²) in [6, 6.07) is 14.9. The van der Waals surface area contributed by atoms with Crippen molar-refractivity contribution in [3.8, 4) is 0 Å². The van der Waals surface area contributed by atoms with Gasteiger partial charge < -0.3 is 4.74 Å². The quantitative estimate of drug-likeness (QED) is 0.693. The van der Waals surface area contributed by atoms with Crippen LogP contribution in [0, 0.1) is 0 Å². The third kappa shape index (κ3) is 3.04. The molecule has 0 amide bonds. The molecule has 0 unspecified atom stereocenters. The van der Waals surface area contributed by atoms with E-state index in [-0.39, 0.29) is 0 Å². The molecule has 0 aromatic heterocycles. The Morgan fingerprint density at radius 1 is 0.864 bits per heavy atom. The molecule has 0 N–H and O–H groups in total. The summed E-state index contributed by atoms with van der Waals surface area (Å²) in [5.74, 6) is 0.941. The van der Waals surface area contributed by atoms with E-state index in [2.05, 4.69) is 78.9 Å². The first kappa shape index (κ1) is 14.4. The Morgan fingerprint density at radius 2 is 1.68 bits per heavy atom. The van der Waals surface area contributed by atoms with Crippen LogP contribution in [-0.2, 0) is 4.74 Å². The highest BCUT2D eigenvalue weighted by molar-refractivity contribution is 5.94. The zero-order valence-corrected chi connectivity index (χ0v) is 12.8. The molecule has 0 atom stereocenters. The van der Waals surface area contributed by atoms with Crippen molar-refractivity contribution in [2.45, 2.75) is 12.8 Å². The van der Waals surface area contributed by atoms with Gasteiger partial charge in [-0.2, -0.15) is 0 Å². The van der Waals surface area contributed by atoms with E-state index in [1.165, 1.54) is 21.9 Å². The minimum Gasteiger partial charge on any atom is -0.496 e. The maximum absolute atomic E-state index is 5.67. The van der Waals surface area contributed by atoms with Crippen molar-refractivity contribution in [3.05, 3.63) is 90.2 Å². The van der Waals surface area contributed by atoms with Crippen molar-refractivity contribution in [1.29, 1.82) is 0 Å². The molecule has 0 saturated heterocycles. The molecule has 0 aliphatic heterocycles. The molecule has 3 rings (SSSR count). The van der Waals surface area contributed by atoms with Crippen LogP contribution in [-0.4, -0.2) is 7.11 Å². The van der Waals surface area contributed by atoms with Gasteiger partial charge in [0.15, 0.2) is 0 Å². The van der Waals surface area contributed by atoms with Gasteiger partial charge in [0.25, 0.3) is 0 Å². The minimum absolute atomic E-state index is 0.853. The Morgan fingerprint density at radius 3 is 2.59 bits per heavy atom. The van der Waals surface area contributed by atoms with Crippen molar-refractivity contribution in [1.82, 2.24) is 0 Å². The Labute approximate surface area is 131 Å². The standard InChI is InChI=1S/C21H20O/c1-22-21-16-7-5-3-2-4-6-14-20(21)19-15-10-12-17-11-8-9-13-18(17)19/h2-4,6-13,15-16H,5,14H2,1H3/b3-2-,6-4-,16-7-,21-20-. The summed E-state index contributed by atoms with van der Waals surface area (Å²) in [6.45, 7) is 0. The van der Waals surface area contributed by atoms with Crippen LogP contribution >= 0.6 is 0 Å². The molecule has 0 bridgehead atoms. The van der Waals surface area contributed by atoms with Gasteiger partial charge in [0.2, 0.25) is 0 Å². The summed E-state index contributed by atoms with van der Waals surface area (Å²) in [5, 5.41) is 2.52. The first-order chi connectivity index (χ1) is 10.9. The molecular formula is C21H20O. The van der Waals surface area contributed by atoms with Crippen molar-refractivity contribution in [3.63, 3.8) is 0 Å². The van der Waals surface area contributed by atoms with Gasteiger partial charge >= 0.3 is 0 Å². The zero-order chi connectivity index (χ0) is 15.2. The van der Waals surface area contributed by atoms with Gasteiger partial charge in [-0.15, -0.1) is 0 Å². The SMILES string of the molecule is COC1=C(\c2cccc3ccccc23)C/C=C\C=C/C/C=C\1. The van der Waals surface area contributed by atoms with Crippen LogP contribution in [0.2, 0.25) is 0 Å². The number of allylic oxidation sites excluding steroid dienone is 7. The van der Waals surface area contributed by atoms with E-state index >= 15 is 0 Å². The van der Waals surface area contributed by atoms with E-state index in [9.17, 15) is 0 Å². The summed E-state index contributed by atoms with van der Waals surface area (Å²) in [6.07, 6.45) is 14.5. The fraction of sp³-hybridized carbons (Fsp3) is 0.143. The number of benzene rings is 2. The summed E-state index contributed by atoms with van der Waals surface area (Å²) in [4.78, 5) is 0. The highest BCUT2D eigenvalue weighted by Crippen LogP contribution is 2.31. The van der Waals surface area contributed by atoms with Crippen LogP contribution in [0.4, 0.5) is 0 Å². The molecule has 0 heterocycles. The van der Waals surface area contributed by atoms with Gasteiger partial charge in [0.05, 0.1) is 7.11 Å². The molecule has 1 aliphatic rings. The molecule has 1 aliphatic carbocycles. The Hall–Kier alpha value is -2.54. The largest absolute Gasteiger partial charge is 0.496 e. The lowest BCUT2D eigenvalue weighted by Gasteiger charge is -2.14. The smallest absolute Gasteiger partial charge is 0.122 e. The van der Waals surface area contributed by atoms with E-state index in [1.807, 2.05) is 0 Å². The second-order valence-corrected chi connectivity index (χ2v) is 5.27. The van der Waals surface area contributed by atoms with E-state index in [0.29, 0.717) is 0 Å². The number of methoxy groups -OCH3 is 1. The third-order valence-corrected chi connectivity index (χ3v) is 3.88. The fourth-order valence-electron chi connectivity index (χ4n) is 2.80. The molecule has 2 aromatic carbocycles. The lowest BCUT2D eigenvalue weighted by atomic mass is 9.94. The molecule has 0 spiro atoms. The van der Waals surface area contributed by atoms with Crippen molar-refractivity contribution in [2.75, 3.05) is 7.11 Å². The lowest BCUT2D eigenvalue weighted by Crippen LogP contribution is -1.94. The highest BCUT2D eigenvalue weighted by atomic mass is 16.5. The Balaban J connectivity index is 2.19. The van der Waals surface area contributed by atoms with Crippen molar-refractivity contribution >= 4 is 16.3 Å². The van der Waals surface area contributed by atoms with E-state index in [1.54, 1.807) is 7.11 Å². The van der Waals surface area contributed by atoms with Gasteiger partial charge in [0.1, 0.15) is 5.76 Å². The second kappa shape index (κ2) is 6.95. The maximum atomic E-state index is 5.67. The van der Waals surface area contributed by atoms with Gasteiger partial charge in [0, 0.05) is 5.57 Å². The molecule has 0 fully saturated rings. The van der Waals surface area contributed by atoms with Gasteiger partial charge in [-0.05, 0) is 35.3 Å². The predicted molar refractivity (Wildman–Crippen MR) is 94.5 cm³/mol. The van der Waals surface area contributed by atoms with Gasteiger partial charge in [-0.1, -0.05) is 72.8 Å². The zero-order valence-electron chi connectivity index (χ0n) is 12.8. The van der Waals surface area contributed by atoms with Gasteiger partial charge in [-0.3, -0.25) is 0 Å². The normalized spacial score (nSPS) is 23.0. The van der Waals surface area contributed by atoms with Crippen LogP contribution in [0.15, 0.2) is 84.7 Å². The molecule has 1 nitrogen and oxygen atoms in total. The lowest BCUT2D eigenvalue weighted by molar-refractivity contribution is 0.308. The predicted octanol–water partition coefficient (Wildman–Crippen LogP) is 5.66. The molecule has 0 radical (unpaired) electrons. The number of ether oxygens (including phenoxy) is 1. The second-order valence-electron chi connectivity index (χ2n) is 5.27. The van der Waals surface area contributed by atoms with E-state index < -0.39 is 0 Å². The minimum atomic E-state index is 0.853. The first-order valence-electron chi connectivity index (χ1n) is 7.63. The Kier molecular flexibility index (Phi) is 4.55. The van der Waals surface area contributed by atoms with Gasteiger partial charge in [-0.25, -0.2) is 0 Å². The first-order valence-corrected chi connectivity index (χ1v) is 7.63. The average Bonchev–Trinajstić information content (AvgIpc) is 2.58. The topological polar surface area (TPSA) is 9.23 Å².